The molecule has 0 saturated heterocycles. The van der Waals surface area contributed by atoms with Crippen molar-refractivity contribution < 1.29 is 0 Å². The van der Waals surface area contributed by atoms with Crippen molar-refractivity contribution in [3.05, 3.63) is 221 Å². The average Bonchev–Trinajstić information content (AvgIpc) is 3.65. The Morgan fingerprint density at radius 2 is 0.803 bits per heavy atom. The zero-order valence-corrected chi connectivity index (χ0v) is 36.5. The summed E-state index contributed by atoms with van der Waals surface area (Å²) < 4.78 is 1.16. The summed E-state index contributed by atoms with van der Waals surface area (Å²) in [6, 6.07) is 69.1. The van der Waals surface area contributed by atoms with E-state index in [1.807, 2.05) is 6.07 Å². The molecule has 61 heavy (non-hydrogen) atoms. The highest BCUT2D eigenvalue weighted by molar-refractivity contribution is 9.10. The Hall–Kier alpha value is -6.68. The minimum atomic E-state index is 0.0418. The van der Waals surface area contributed by atoms with E-state index < -0.39 is 0 Å². The van der Waals surface area contributed by atoms with Crippen LogP contribution in [0.4, 0.5) is 17.1 Å². The van der Waals surface area contributed by atoms with E-state index in [-0.39, 0.29) is 10.8 Å². The molecule has 0 radical (unpaired) electrons. The molecule has 0 aliphatic heterocycles. The van der Waals surface area contributed by atoms with Crippen LogP contribution in [0.1, 0.15) is 49.9 Å². The SMILES string of the molecule is Brc1cc2ccccc2c2ccccc12.CC1(C)c2ccccc2-c2cc(N)ccc21.CC1(C)c2ccccc2-c2cc(Nc3cc4ccccc4c4ccccc34)ccc21. The highest BCUT2D eigenvalue weighted by Crippen LogP contribution is 2.50. The molecule has 2 aliphatic rings. The molecule has 12 rings (SSSR count). The smallest absolute Gasteiger partial charge is 0.0470 e. The fraction of sp³-hybridized carbons (Fsp3) is 0.103. The van der Waals surface area contributed by atoms with Gasteiger partial charge in [0.15, 0.2) is 0 Å². The van der Waals surface area contributed by atoms with Crippen LogP contribution in [0.25, 0.3) is 65.3 Å². The Kier molecular flexibility index (Phi) is 9.53. The summed E-state index contributed by atoms with van der Waals surface area (Å²) in [5, 5.41) is 14.0. The average molecular weight is 852 g/mol. The maximum Gasteiger partial charge on any atom is 0.0470 e. The van der Waals surface area contributed by atoms with Crippen LogP contribution in [-0.2, 0) is 10.8 Å². The second kappa shape index (κ2) is 15.1. The maximum absolute atomic E-state index is 5.88. The number of rotatable bonds is 2. The van der Waals surface area contributed by atoms with Crippen LogP contribution in [0, 0.1) is 0 Å². The number of hydrogen-bond donors (Lipinski definition) is 2. The Bertz CT molecular complexity index is 3320. The summed E-state index contributed by atoms with van der Waals surface area (Å²) in [7, 11) is 0. The van der Waals surface area contributed by atoms with Crippen molar-refractivity contribution in [1.82, 2.24) is 0 Å². The normalized spacial score (nSPS) is 13.7. The number of nitrogens with one attached hydrogen (secondary N) is 1. The Morgan fingerprint density at radius 3 is 1.41 bits per heavy atom. The molecule has 0 unspecified atom stereocenters. The van der Waals surface area contributed by atoms with Crippen molar-refractivity contribution in [3.63, 3.8) is 0 Å². The number of anilines is 3. The molecule has 0 atom stereocenters. The quantitative estimate of drug-likeness (QED) is 0.134. The van der Waals surface area contributed by atoms with Gasteiger partial charge >= 0.3 is 0 Å². The van der Waals surface area contributed by atoms with E-state index in [0.29, 0.717) is 0 Å². The Labute approximate surface area is 366 Å². The lowest BCUT2D eigenvalue weighted by Crippen LogP contribution is -2.14. The van der Waals surface area contributed by atoms with Crippen molar-refractivity contribution in [2.75, 3.05) is 11.1 Å². The molecule has 0 bridgehead atoms. The van der Waals surface area contributed by atoms with Gasteiger partial charge in [-0.25, -0.2) is 0 Å². The van der Waals surface area contributed by atoms with Crippen molar-refractivity contribution >= 4 is 76.1 Å². The Morgan fingerprint density at radius 1 is 0.377 bits per heavy atom. The minimum Gasteiger partial charge on any atom is -0.399 e. The zero-order chi connectivity index (χ0) is 41.9. The van der Waals surface area contributed by atoms with Crippen LogP contribution in [0.5, 0.6) is 0 Å². The number of halogens is 1. The van der Waals surface area contributed by atoms with E-state index in [9.17, 15) is 0 Å². The molecule has 10 aromatic rings. The summed E-state index contributed by atoms with van der Waals surface area (Å²) in [5.74, 6) is 0. The highest BCUT2D eigenvalue weighted by atomic mass is 79.9. The van der Waals surface area contributed by atoms with Crippen LogP contribution in [0.3, 0.4) is 0 Å². The molecule has 2 aliphatic carbocycles. The first-order valence-corrected chi connectivity index (χ1v) is 21.9. The third-order valence-electron chi connectivity index (χ3n) is 13.0. The predicted octanol–water partition coefficient (Wildman–Crippen LogP) is 16.4. The van der Waals surface area contributed by atoms with E-state index in [1.54, 1.807) is 0 Å². The molecule has 0 amide bonds. The standard InChI is InChI=1S/C29H23N.C15H15N.C14H9Br/c1-29(2)26-14-8-7-12-23(26)25-18-20(15-16-27(25)29)30-28-17-19-9-3-4-10-21(19)22-11-5-6-13-24(22)28;1-15(2)13-6-4-3-5-11(13)12-9-10(16)7-8-14(12)15;15-14-9-10-5-1-2-6-11(10)12-7-3-4-8-13(12)14/h3-18,30H,1-2H3;3-9H,16H2,1-2H3;1-9H. The molecule has 2 nitrogen and oxygen atoms in total. The van der Waals surface area contributed by atoms with Crippen LogP contribution in [0.2, 0.25) is 0 Å². The molecule has 296 valence electrons. The van der Waals surface area contributed by atoms with E-state index in [0.717, 1.165) is 21.5 Å². The van der Waals surface area contributed by atoms with E-state index in [1.165, 1.54) is 87.6 Å². The molecule has 10 aromatic carbocycles. The molecular weight excluding hydrogens is 805 g/mol. The van der Waals surface area contributed by atoms with Gasteiger partial charge < -0.3 is 11.1 Å². The molecular formula is C58H47BrN2. The van der Waals surface area contributed by atoms with Gasteiger partial charge in [0.1, 0.15) is 0 Å². The third kappa shape index (κ3) is 6.65. The minimum absolute atomic E-state index is 0.0418. The van der Waals surface area contributed by atoms with Gasteiger partial charge in [0.2, 0.25) is 0 Å². The molecule has 0 spiro atoms. The fourth-order valence-electron chi connectivity index (χ4n) is 9.86. The number of fused-ring (bicyclic) bond motifs is 12. The van der Waals surface area contributed by atoms with Crippen LogP contribution < -0.4 is 11.1 Å². The van der Waals surface area contributed by atoms with Crippen molar-refractivity contribution in [2.45, 2.75) is 38.5 Å². The second-order valence-electron chi connectivity index (χ2n) is 17.3. The van der Waals surface area contributed by atoms with Crippen LogP contribution in [0.15, 0.2) is 199 Å². The Balaban J connectivity index is 0.000000121. The molecule has 0 aromatic heterocycles. The van der Waals surface area contributed by atoms with Crippen molar-refractivity contribution in [1.29, 1.82) is 0 Å². The van der Waals surface area contributed by atoms with Gasteiger partial charge in [-0.3, -0.25) is 0 Å². The van der Waals surface area contributed by atoms with Gasteiger partial charge in [-0.2, -0.15) is 0 Å². The van der Waals surface area contributed by atoms with E-state index >= 15 is 0 Å². The third-order valence-corrected chi connectivity index (χ3v) is 13.6. The number of benzene rings is 10. The number of nitrogen functional groups attached to an aromatic ring is 1. The van der Waals surface area contributed by atoms with Gasteiger partial charge in [0.05, 0.1) is 0 Å². The van der Waals surface area contributed by atoms with Crippen LogP contribution >= 0.6 is 15.9 Å². The van der Waals surface area contributed by atoms with Crippen LogP contribution in [-0.4, -0.2) is 0 Å². The first kappa shape index (κ1) is 38.5. The first-order valence-electron chi connectivity index (χ1n) is 21.1. The van der Waals surface area contributed by atoms with E-state index in [2.05, 4.69) is 237 Å². The number of hydrogen-bond acceptors (Lipinski definition) is 2. The summed E-state index contributed by atoms with van der Waals surface area (Å²) in [6.45, 7) is 9.19. The lowest BCUT2D eigenvalue weighted by molar-refractivity contribution is 0.660. The summed E-state index contributed by atoms with van der Waals surface area (Å²) in [4.78, 5) is 0. The van der Waals surface area contributed by atoms with Gasteiger partial charge in [-0.15, -0.1) is 0 Å². The number of nitrogens with two attached hydrogens (primary N) is 1. The van der Waals surface area contributed by atoms with Gasteiger partial charge in [0, 0.05) is 37.8 Å². The monoisotopic (exact) mass is 850 g/mol. The summed E-state index contributed by atoms with van der Waals surface area (Å²) in [6.07, 6.45) is 0. The maximum atomic E-state index is 5.88. The fourth-order valence-corrected chi connectivity index (χ4v) is 10.4. The molecule has 0 heterocycles. The summed E-state index contributed by atoms with van der Waals surface area (Å²) in [5.41, 5.74) is 20.0. The topological polar surface area (TPSA) is 38.0 Å². The zero-order valence-electron chi connectivity index (χ0n) is 34.9. The molecule has 3 N–H and O–H groups in total. The predicted molar refractivity (Wildman–Crippen MR) is 266 cm³/mol. The van der Waals surface area contributed by atoms with Gasteiger partial charge in [-0.05, 0) is 119 Å². The van der Waals surface area contributed by atoms with E-state index in [4.69, 9.17) is 5.73 Å². The van der Waals surface area contributed by atoms with Gasteiger partial charge in [0.25, 0.3) is 0 Å². The second-order valence-corrected chi connectivity index (χ2v) is 18.2. The van der Waals surface area contributed by atoms with Crippen molar-refractivity contribution in [3.8, 4) is 22.3 Å². The summed E-state index contributed by atoms with van der Waals surface area (Å²) >= 11 is 3.62. The molecule has 0 saturated carbocycles. The largest absolute Gasteiger partial charge is 0.399 e. The molecule has 0 fully saturated rings. The lowest BCUT2D eigenvalue weighted by Gasteiger charge is -2.21. The molecule has 3 heteroatoms. The first-order chi connectivity index (χ1) is 29.6. The highest BCUT2D eigenvalue weighted by Gasteiger charge is 2.36. The van der Waals surface area contributed by atoms with Gasteiger partial charge in [-0.1, -0.05) is 201 Å². The lowest BCUT2D eigenvalue weighted by atomic mass is 9.82. The van der Waals surface area contributed by atoms with Crippen molar-refractivity contribution in [2.24, 2.45) is 0 Å².